The molecule has 2 aromatic rings. The van der Waals surface area contributed by atoms with E-state index in [2.05, 4.69) is 22.0 Å². The Morgan fingerprint density at radius 1 is 1.50 bits per heavy atom. The lowest BCUT2D eigenvalue weighted by Gasteiger charge is -2.07. The van der Waals surface area contributed by atoms with Crippen LogP contribution in [0.5, 0.6) is 0 Å². The number of thioether (sulfide) groups is 1. The lowest BCUT2D eigenvalue weighted by molar-refractivity contribution is -0.142. The van der Waals surface area contributed by atoms with Crippen LogP contribution in [0.25, 0.3) is 10.9 Å². The molecular formula is C14H19N3O2S. The normalized spacial score (nSPS) is 12.6. The van der Waals surface area contributed by atoms with Gasteiger partial charge in [0.05, 0.1) is 18.3 Å². The van der Waals surface area contributed by atoms with E-state index < -0.39 is 6.04 Å². The zero-order valence-electron chi connectivity index (χ0n) is 11.7. The van der Waals surface area contributed by atoms with Crippen LogP contribution in [-0.2, 0) is 22.3 Å². The first-order valence-corrected chi connectivity index (χ1v) is 7.60. The maximum Gasteiger partial charge on any atom is 0.322 e. The van der Waals surface area contributed by atoms with Crippen LogP contribution >= 0.6 is 11.8 Å². The maximum atomic E-state index is 11.2. The number of hydrogen-bond donors (Lipinski definition) is 1. The largest absolute Gasteiger partial charge is 0.468 e. The standard InChI is InChI=1S/C14H19N3O2S/c1-17-13-6-4-3-5-10(13)12(16-17)9-20-8-7-11(15)14(18)19-2/h3-6,11H,7-9,15H2,1-2H3. The number of nitrogens with two attached hydrogens (primary N) is 1. The van der Waals surface area contributed by atoms with Gasteiger partial charge < -0.3 is 10.5 Å². The predicted octanol–water partition coefficient (Wildman–Crippen LogP) is 1.70. The fraction of sp³-hybridized carbons (Fsp3) is 0.429. The van der Waals surface area contributed by atoms with Crippen LogP contribution in [0, 0.1) is 0 Å². The molecule has 2 rings (SSSR count). The summed E-state index contributed by atoms with van der Waals surface area (Å²) >= 11 is 1.73. The van der Waals surface area contributed by atoms with Gasteiger partial charge in [0.2, 0.25) is 0 Å². The first-order valence-electron chi connectivity index (χ1n) is 6.45. The van der Waals surface area contributed by atoms with Gasteiger partial charge in [0.15, 0.2) is 0 Å². The van der Waals surface area contributed by atoms with Gasteiger partial charge in [-0.2, -0.15) is 16.9 Å². The monoisotopic (exact) mass is 293 g/mol. The molecular weight excluding hydrogens is 274 g/mol. The number of carbonyl (C=O) groups is 1. The van der Waals surface area contributed by atoms with Crippen LogP contribution in [0.3, 0.4) is 0 Å². The Bertz CT molecular complexity index is 597. The summed E-state index contributed by atoms with van der Waals surface area (Å²) in [5.41, 5.74) is 7.90. The number of aryl methyl sites for hydroxylation is 1. The number of ether oxygens (including phenoxy) is 1. The van der Waals surface area contributed by atoms with Crippen molar-refractivity contribution in [2.45, 2.75) is 18.2 Å². The number of hydrogen-bond acceptors (Lipinski definition) is 5. The highest BCUT2D eigenvalue weighted by atomic mass is 32.2. The van der Waals surface area contributed by atoms with Crippen LogP contribution in [0.2, 0.25) is 0 Å². The van der Waals surface area contributed by atoms with Crippen LogP contribution in [-0.4, -0.2) is 34.7 Å². The molecule has 108 valence electrons. The van der Waals surface area contributed by atoms with Gasteiger partial charge in [-0.1, -0.05) is 18.2 Å². The van der Waals surface area contributed by atoms with Crippen molar-refractivity contribution < 1.29 is 9.53 Å². The Kier molecular flexibility index (Phi) is 5.03. The summed E-state index contributed by atoms with van der Waals surface area (Å²) < 4.78 is 6.49. The molecule has 0 fully saturated rings. The average Bonchev–Trinajstić information content (AvgIpc) is 2.79. The summed E-state index contributed by atoms with van der Waals surface area (Å²) in [6, 6.07) is 7.64. The SMILES string of the molecule is COC(=O)C(N)CCSCc1nn(C)c2ccccc12. The Hall–Kier alpha value is -1.53. The molecule has 20 heavy (non-hydrogen) atoms. The zero-order chi connectivity index (χ0) is 14.5. The molecule has 0 saturated heterocycles. The first kappa shape index (κ1) is 14.9. The molecule has 0 spiro atoms. The van der Waals surface area contributed by atoms with Gasteiger partial charge in [0.25, 0.3) is 0 Å². The molecule has 2 N–H and O–H groups in total. The minimum absolute atomic E-state index is 0.353. The number of nitrogens with zero attached hydrogens (tertiary/aromatic N) is 2. The van der Waals surface area contributed by atoms with Crippen molar-refractivity contribution in [2.75, 3.05) is 12.9 Å². The second-order valence-electron chi connectivity index (χ2n) is 4.56. The third kappa shape index (κ3) is 3.32. The Labute approximate surface area is 122 Å². The van der Waals surface area contributed by atoms with E-state index in [0.29, 0.717) is 6.42 Å². The molecule has 0 bridgehead atoms. The number of carbonyl (C=O) groups excluding carboxylic acids is 1. The summed E-state index contributed by atoms with van der Waals surface area (Å²) in [6.45, 7) is 0. The Morgan fingerprint density at radius 3 is 3.00 bits per heavy atom. The Morgan fingerprint density at radius 2 is 2.25 bits per heavy atom. The number of aromatic nitrogens is 2. The van der Waals surface area contributed by atoms with Gasteiger partial charge in [0, 0.05) is 18.2 Å². The quantitative estimate of drug-likeness (QED) is 0.648. The summed E-state index contributed by atoms with van der Waals surface area (Å²) in [4.78, 5) is 11.2. The highest BCUT2D eigenvalue weighted by molar-refractivity contribution is 7.98. The fourth-order valence-corrected chi connectivity index (χ4v) is 3.02. The van der Waals surface area contributed by atoms with Crippen molar-refractivity contribution in [3.05, 3.63) is 30.0 Å². The van der Waals surface area contributed by atoms with Crippen molar-refractivity contribution in [3.63, 3.8) is 0 Å². The number of fused-ring (bicyclic) bond motifs is 1. The number of methoxy groups -OCH3 is 1. The van der Waals surface area contributed by atoms with Crippen molar-refractivity contribution in [2.24, 2.45) is 12.8 Å². The molecule has 5 nitrogen and oxygen atoms in total. The molecule has 0 amide bonds. The summed E-state index contributed by atoms with van der Waals surface area (Å²) in [5.74, 6) is 1.27. The third-order valence-corrected chi connectivity index (χ3v) is 4.15. The molecule has 0 aliphatic heterocycles. The minimum Gasteiger partial charge on any atom is -0.468 e. The second-order valence-corrected chi connectivity index (χ2v) is 5.66. The van der Waals surface area contributed by atoms with Crippen molar-refractivity contribution in [1.82, 2.24) is 9.78 Å². The van der Waals surface area contributed by atoms with Gasteiger partial charge in [-0.25, -0.2) is 0 Å². The molecule has 0 aliphatic rings. The fourth-order valence-electron chi connectivity index (χ4n) is 2.04. The zero-order valence-corrected chi connectivity index (χ0v) is 12.5. The Balaban J connectivity index is 1.89. The predicted molar refractivity (Wildman–Crippen MR) is 81.5 cm³/mol. The summed E-state index contributed by atoms with van der Waals surface area (Å²) in [7, 11) is 3.30. The topological polar surface area (TPSA) is 70.1 Å². The highest BCUT2D eigenvalue weighted by Gasteiger charge is 2.13. The number of benzene rings is 1. The lowest BCUT2D eigenvalue weighted by Crippen LogP contribution is -2.31. The van der Waals surface area contributed by atoms with E-state index in [1.807, 2.05) is 23.9 Å². The van der Waals surface area contributed by atoms with E-state index in [4.69, 9.17) is 5.73 Å². The number of esters is 1. The average molecular weight is 293 g/mol. The molecule has 1 aromatic carbocycles. The van der Waals surface area contributed by atoms with Crippen molar-refractivity contribution in [1.29, 1.82) is 0 Å². The van der Waals surface area contributed by atoms with E-state index in [1.165, 1.54) is 12.5 Å². The molecule has 0 aliphatic carbocycles. The molecule has 1 aromatic heterocycles. The molecule has 0 radical (unpaired) electrons. The van der Waals surface area contributed by atoms with Gasteiger partial charge in [-0.15, -0.1) is 0 Å². The van der Waals surface area contributed by atoms with Crippen LogP contribution in [0.4, 0.5) is 0 Å². The molecule has 1 atom stereocenters. The van der Waals surface area contributed by atoms with E-state index >= 15 is 0 Å². The highest BCUT2D eigenvalue weighted by Crippen LogP contribution is 2.22. The molecule has 0 saturated carbocycles. The molecule has 1 unspecified atom stereocenters. The molecule has 1 heterocycles. The van der Waals surface area contributed by atoms with E-state index in [-0.39, 0.29) is 5.97 Å². The van der Waals surface area contributed by atoms with Crippen LogP contribution in [0.1, 0.15) is 12.1 Å². The van der Waals surface area contributed by atoms with Gasteiger partial charge in [-0.05, 0) is 18.2 Å². The van der Waals surface area contributed by atoms with Crippen LogP contribution < -0.4 is 5.73 Å². The van der Waals surface area contributed by atoms with Gasteiger partial charge in [0.1, 0.15) is 6.04 Å². The van der Waals surface area contributed by atoms with E-state index in [1.54, 1.807) is 11.8 Å². The number of para-hydroxylation sites is 1. The maximum absolute atomic E-state index is 11.2. The smallest absolute Gasteiger partial charge is 0.322 e. The van der Waals surface area contributed by atoms with Crippen LogP contribution in [0.15, 0.2) is 24.3 Å². The van der Waals surface area contributed by atoms with Gasteiger partial charge >= 0.3 is 5.97 Å². The third-order valence-electron chi connectivity index (χ3n) is 3.15. The van der Waals surface area contributed by atoms with Gasteiger partial charge in [-0.3, -0.25) is 9.48 Å². The van der Waals surface area contributed by atoms with E-state index in [9.17, 15) is 4.79 Å². The molecule has 6 heteroatoms. The number of rotatable bonds is 6. The first-order chi connectivity index (χ1) is 9.63. The van der Waals surface area contributed by atoms with Crippen molar-refractivity contribution >= 4 is 28.6 Å². The van der Waals surface area contributed by atoms with E-state index in [0.717, 1.165) is 22.7 Å². The minimum atomic E-state index is -0.534. The van der Waals surface area contributed by atoms with Crippen molar-refractivity contribution in [3.8, 4) is 0 Å². The summed E-state index contributed by atoms with van der Waals surface area (Å²) in [5, 5.41) is 5.71. The lowest BCUT2D eigenvalue weighted by atomic mass is 10.2. The second kappa shape index (κ2) is 6.76. The summed E-state index contributed by atoms with van der Waals surface area (Å²) in [6.07, 6.45) is 0.613.